The Morgan fingerprint density at radius 2 is 1.53 bits per heavy atom. The third kappa shape index (κ3) is 4.48. The molecule has 0 atom stereocenters. The monoisotopic (exact) mass is 493 g/mol. The Morgan fingerprint density at radius 3 is 2.17 bits per heavy atom. The zero-order valence-corrected chi connectivity index (χ0v) is 20.0. The number of anilines is 1. The van der Waals surface area contributed by atoms with Crippen molar-refractivity contribution >= 4 is 11.6 Å². The second kappa shape index (κ2) is 9.22. The standard InChI is InChI=1S/C27H26F3N5O/c1-19-8-10-22(11-9-19)35-25(33-12-3-4-13-33)24(20(2)31-35)26(36)34-16-14-32(15-17-34)23-7-5-6-21(18-23)27(28,29)30/h3-13,18H,14-17H2,1-2H3. The molecule has 0 aliphatic carbocycles. The molecule has 1 fully saturated rings. The molecular weight excluding hydrogens is 467 g/mol. The van der Waals surface area contributed by atoms with Gasteiger partial charge in [-0.25, -0.2) is 4.68 Å². The van der Waals surface area contributed by atoms with Gasteiger partial charge in [-0.15, -0.1) is 0 Å². The molecule has 1 aliphatic rings. The minimum atomic E-state index is -4.39. The van der Waals surface area contributed by atoms with Gasteiger partial charge >= 0.3 is 6.18 Å². The van der Waals surface area contributed by atoms with Crippen LogP contribution in [-0.2, 0) is 6.18 Å². The summed E-state index contributed by atoms with van der Waals surface area (Å²) < 4.78 is 43.1. The summed E-state index contributed by atoms with van der Waals surface area (Å²) in [7, 11) is 0. The highest BCUT2D eigenvalue weighted by atomic mass is 19.4. The van der Waals surface area contributed by atoms with Gasteiger partial charge in [0.05, 0.1) is 16.9 Å². The molecule has 6 nitrogen and oxygen atoms in total. The van der Waals surface area contributed by atoms with Crippen molar-refractivity contribution in [2.75, 3.05) is 31.1 Å². The summed E-state index contributed by atoms with van der Waals surface area (Å²) in [6.07, 6.45) is -0.634. The molecule has 4 aromatic rings. The zero-order chi connectivity index (χ0) is 25.4. The molecule has 0 saturated carbocycles. The van der Waals surface area contributed by atoms with Crippen LogP contribution in [0.3, 0.4) is 0 Å². The summed E-state index contributed by atoms with van der Waals surface area (Å²) in [6, 6.07) is 17.1. The fraction of sp³-hybridized carbons (Fsp3) is 0.259. The molecule has 0 spiro atoms. The molecule has 1 amide bonds. The molecule has 5 rings (SSSR count). The predicted molar refractivity (Wildman–Crippen MR) is 132 cm³/mol. The molecule has 0 unspecified atom stereocenters. The average molecular weight is 494 g/mol. The van der Waals surface area contributed by atoms with E-state index in [1.165, 1.54) is 6.07 Å². The van der Waals surface area contributed by atoms with E-state index in [0.717, 1.165) is 23.4 Å². The highest BCUT2D eigenvalue weighted by Crippen LogP contribution is 2.32. The lowest BCUT2D eigenvalue weighted by Gasteiger charge is -2.36. The van der Waals surface area contributed by atoms with E-state index in [9.17, 15) is 18.0 Å². The molecule has 186 valence electrons. The number of carbonyl (C=O) groups excluding carboxylic acids is 1. The van der Waals surface area contributed by atoms with Crippen LogP contribution >= 0.6 is 0 Å². The molecule has 9 heteroatoms. The average Bonchev–Trinajstić information content (AvgIpc) is 3.51. The number of piperazine rings is 1. The van der Waals surface area contributed by atoms with E-state index >= 15 is 0 Å². The van der Waals surface area contributed by atoms with Crippen molar-refractivity contribution in [2.24, 2.45) is 0 Å². The molecule has 0 bridgehead atoms. The van der Waals surface area contributed by atoms with Crippen LogP contribution in [0.4, 0.5) is 18.9 Å². The molecule has 1 saturated heterocycles. The van der Waals surface area contributed by atoms with Gasteiger partial charge in [0.1, 0.15) is 5.56 Å². The maximum absolute atomic E-state index is 13.8. The first-order valence-corrected chi connectivity index (χ1v) is 11.7. The van der Waals surface area contributed by atoms with E-state index in [0.29, 0.717) is 48.9 Å². The summed E-state index contributed by atoms with van der Waals surface area (Å²) in [4.78, 5) is 17.4. The highest BCUT2D eigenvalue weighted by Gasteiger charge is 2.32. The Labute approximate surface area is 207 Å². The summed E-state index contributed by atoms with van der Waals surface area (Å²) in [5, 5.41) is 4.71. The fourth-order valence-corrected chi connectivity index (χ4v) is 4.55. The number of carbonyl (C=O) groups is 1. The van der Waals surface area contributed by atoms with Crippen LogP contribution in [-0.4, -0.2) is 51.3 Å². The first-order chi connectivity index (χ1) is 17.2. The molecule has 2 aromatic carbocycles. The van der Waals surface area contributed by atoms with Crippen LogP contribution in [0, 0.1) is 13.8 Å². The van der Waals surface area contributed by atoms with Crippen LogP contribution in [0.5, 0.6) is 0 Å². The van der Waals surface area contributed by atoms with Gasteiger partial charge in [0.2, 0.25) is 0 Å². The van der Waals surface area contributed by atoms with E-state index in [-0.39, 0.29) is 5.91 Å². The van der Waals surface area contributed by atoms with Crippen LogP contribution in [0.25, 0.3) is 11.5 Å². The van der Waals surface area contributed by atoms with E-state index in [1.807, 2.05) is 72.1 Å². The first-order valence-electron chi connectivity index (χ1n) is 11.7. The Kier molecular flexibility index (Phi) is 6.07. The topological polar surface area (TPSA) is 46.3 Å². The normalized spacial score (nSPS) is 14.4. The summed E-state index contributed by atoms with van der Waals surface area (Å²) in [6.45, 7) is 5.52. The number of hydrogen-bond acceptors (Lipinski definition) is 3. The quantitative estimate of drug-likeness (QED) is 0.390. The van der Waals surface area contributed by atoms with Gasteiger partial charge in [0.15, 0.2) is 5.82 Å². The van der Waals surface area contributed by atoms with E-state index in [2.05, 4.69) is 0 Å². The minimum Gasteiger partial charge on any atom is -0.368 e. The number of aromatic nitrogens is 3. The lowest BCUT2D eigenvalue weighted by Crippen LogP contribution is -2.49. The fourth-order valence-electron chi connectivity index (χ4n) is 4.55. The maximum Gasteiger partial charge on any atom is 0.416 e. The van der Waals surface area contributed by atoms with Crippen molar-refractivity contribution in [1.29, 1.82) is 0 Å². The molecule has 3 heterocycles. The van der Waals surface area contributed by atoms with Gasteiger partial charge in [-0.3, -0.25) is 4.79 Å². The lowest BCUT2D eigenvalue weighted by atomic mass is 10.1. The largest absolute Gasteiger partial charge is 0.416 e. The zero-order valence-electron chi connectivity index (χ0n) is 20.0. The van der Waals surface area contributed by atoms with Crippen molar-refractivity contribution in [3.8, 4) is 11.5 Å². The minimum absolute atomic E-state index is 0.141. The third-order valence-electron chi connectivity index (χ3n) is 6.48. The van der Waals surface area contributed by atoms with Gasteiger partial charge in [-0.2, -0.15) is 18.3 Å². The Balaban J connectivity index is 1.42. The predicted octanol–water partition coefficient (Wildman–Crippen LogP) is 5.26. The number of hydrogen-bond donors (Lipinski definition) is 0. The molecule has 0 radical (unpaired) electrons. The van der Waals surface area contributed by atoms with Crippen molar-refractivity contribution in [2.45, 2.75) is 20.0 Å². The second-order valence-corrected chi connectivity index (χ2v) is 8.95. The van der Waals surface area contributed by atoms with Crippen LogP contribution in [0.15, 0.2) is 73.1 Å². The molecule has 2 aromatic heterocycles. The highest BCUT2D eigenvalue weighted by molar-refractivity contribution is 5.99. The molecular formula is C27H26F3N5O. The van der Waals surface area contributed by atoms with Crippen molar-refractivity contribution in [3.05, 3.63) is 95.4 Å². The van der Waals surface area contributed by atoms with Gasteiger partial charge in [0.25, 0.3) is 5.91 Å². The van der Waals surface area contributed by atoms with Crippen LogP contribution in [0.1, 0.15) is 27.2 Å². The number of rotatable bonds is 4. The van der Waals surface area contributed by atoms with Crippen LogP contribution < -0.4 is 4.90 Å². The summed E-state index contributed by atoms with van der Waals surface area (Å²) in [5.41, 5.74) is 2.94. The molecule has 36 heavy (non-hydrogen) atoms. The van der Waals surface area contributed by atoms with Gasteiger partial charge in [-0.1, -0.05) is 23.8 Å². The van der Waals surface area contributed by atoms with E-state index < -0.39 is 11.7 Å². The second-order valence-electron chi connectivity index (χ2n) is 8.95. The number of nitrogens with zero attached hydrogens (tertiary/aromatic N) is 5. The first kappa shape index (κ1) is 23.7. The van der Waals surface area contributed by atoms with Crippen molar-refractivity contribution in [1.82, 2.24) is 19.2 Å². The molecule has 1 aliphatic heterocycles. The smallest absolute Gasteiger partial charge is 0.368 e. The Morgan fingerprint density at radius 1 is 0.861 bits per heavy atom. The van der Waals surface area contributed by atoms with Crippen LogP contribution in [0.2, 0.25) is 0 Å². The number of alkyl halides is 3. The third-order valence-corrected chi connectivity index (χ3v) is 6.48. The maximum atomic E-state index is 13.8. The number of amides is 1. The number of benzene rings is 2. The summed E-state index contributed by atoms with van der Waals surface area (Å²) in [5.74, 6) is 0.518. The number of aryl methyl sites for hydroxylation is 2. The SMILES string of the molecule is Cc1ccc(-n2nc(C)c(C(=O)N3CCN(c4cccc(C(F)(F)F)c4)CC3)c2-n2cccc2)cc1. The van der Waals surface area contributed by atoms with Gasteiger partial charge in [-0.05, 0) is 56.3 Å². The Hall–Kier alpha value is -4.01. The van der Waals surface area contributed by atoms with E-state index in [4.69, 9.17) is 5.10 Å². The van der Waals surface area contributed by atoms with Gasteiger partial charge in [0, 0.05) is 44.3 Å². The Bertz CT molecular complexity index is 1370. The number of halogens is 3. The van der Waals surface area contributed by atoms with E-state index in [1.54, 1.807) is 15.6 Å². The van der Waals surface area contributed by atoms with Crippen molar-refractivity contribution in [3.63, 3.8) is 0 Å². The van der Waals surface area contributed by atoms with Gasteiger partial charge < -0.3 is 14.4 Å². The summed E-state index contributed by atoms with van der Waals surface area (Å²) >= 11 is 0. The van der Waals surface area contributed by atoms with Crippen molar-refractivity contribution < 1.29 is 18.0 Å². The lowest BCUT2D eigenvalue weighted by molar-refractivity contribution is -0.137. The molecule has 0 N–H and O–H groups in total.